The highest BCUT2D eigenvalue weighted by Gasteiger charge is 2.19. The van der Waals surface area contributed by atoms with Gasteiger partial charge in [-0.2, -0.15) is 0 Å². The summed E-state index contributed by atoms with van der Waals surface area (Å²) in [5.41, 5.74) is 2.90. The van der Waals surface area contributed by atoms with Crippen molar-refractivity contribution >= 4 is 23.1 Å². The molecule has 6 heteroatoms. The normalized spacial score (nSPS) is 11.1. The Morgan fingerprint density at radius 3 is 2.34 bits per heavy atom. The second-order valence-electron chi connectivity index (χ2n) is 7.79. The molecule has 0 aliphatic heterocycles. The zero-order valence-corrected chi connectivity index (χ0v) is 17.4. The summed E-state index contributed by atoms with van der Waals surface area (Å²) in [5, 5.41) is 6.20. The van der Waals surface area contributed by atoms with E-state index in [9.17, 15) is 4.79 Å². The van der Waals surface area contributed by atoms with Gasteiger partial charge >= 0.3 is 0 Å². The summed E-state index contributed by atoms with van der Waals surface area (Å²) >= 11 is 0. The van der Waals surface area contributed by atoms with Gasteiger partial charge in [0.05, 0.1) is 7.11 Å². The Balaban J connectivity index is 1.83. The number of aromatic nitrogens is 2. The molecule has 0 atom stereocenters. The fourth-order valence-electron chi connectivity index (χ4n) is 3.00. The number of hydrogen-bond acceptors (Lipinski definition) is 5. The number of para-hydroxylation sites is 1. The van der Waals surface area contributed by atoms with E-state index in [2.05, 4.69) is 41.4 Å². The fourth-order valence-corrected chi connectivity index (χ4v) is 3.00. The first kappa shape index (κ1) is 20.3. The third-order valence-electron chi connectivity index (χ3n) is 4.42. The summed E-state index contributed by atoms with van der Waals surface area (Å²) in [5.74, 6) is 1.56. The summed E-state index contributed by atoms with van der Waals surface area (Å²) in [6.45, 7) is 8.11. The van der Waals surface area contributed by atoms with E-state index in [0.29, 0.717) is 17.3 Å². The molecule has 1 heterocycles. The largest absolute Gasteiger partial charge is 0.497 e. The number of nitrogens with one attached hydrogen (secondary N) is 2. The van der Waals surface area contributed by atoms with Crippen LogP contribution in [-0.2, 0) is 5.41 Å². The summed E-state index contributed by atoms with van der Waals surface area (Å²) in [6.07, 6.45) is 0. The van der Waals surface area contributed by atoms with Gasteiger partial charge < -0.3 is 15.4 Å². The molecule has 0 spiro atoms. The zero-order chi connectivity index (χ0) is 21.0. The number of aryl methyl sites for hydroxylation is 1. The maximum Gasteiger partial charge on any atom is 0.274 e. The number of carbonyl (C=O) groups is 1. The molecule has 2 N–H and O–H groups in total. The minimum Gasteiger partial charge on any atom is -0.497 e. The average molecular weight is 390 g/mol. The van der Waals surface area contributed by atoms with Gasteiger partial charge in [0.2, 0.25) is 0 Å². The molecule has 1 amide bonds. The molecule has 1 aromatic heterocycles. The van der Waals surface area contributed by atoms with E-state index in [1.807, 2.05) is 48.5 Å². The van der Waals surface area contributed by atoms with Crippen LogP contribution in [0, 0.1) is 6.92 Å². The van der Waals surface area contributed by atoms with Gasteiger partial charge in [0.15, 0.2) is 0 Å². The number of methoxy groups -OCH3 is 1. The van der Waals surface area contributed by atoms with Crippen LogP contribution in [0.15, 0.2) is 54.6 Å². The van der Waals surface area contributed by atoms with Crippen LogP contribution < -0.4 is 15.4 Å². The quantitative estimate of drug-likeness (QED) is 0.635. The van der Waals surface area contributed by atoms with Gasteiger partial charge in [-0.15, -0.1) is 0 Å². The number of amides is 1. The fraction of sp³-hybridized carbons (Fsp3) is 0.261. The number of carbonyl (C=O) groups excluding carboxylic acids is 1. The van der Waals surface area contributed by atoms with Crippen LogP contribution in [-0.4, -0.2) is 23.0 Å². The van der Waals surface area contributed by atoms with Gasteiger partial charge in [0, 0.05) is 17.4 Å². The maximum absolute atomic E-state index is 12.9. The third-order valence-corrected chi connectivity index (χ3v) is 4.42. The molecule has 0 aliphatic carbocycles. The van der Waals surface area contributed by atoms with Crippen LogP contribution in [0.25, 0.3) is 0 Å². The minimum absolute atomic E-state index is 0.0907. The predicted octanol–water partition coefficient (Wildman–Crippen LogP) is 5.09. The van der Waals surface area contributed by atoms with Crippen LogP contribution in [0.5, 0.6) is 5.75 Å². The molecule has 0 radical (unpaired) electrons. The second-order valence-corrected chi connectivity index (χ2v) is 7.79. The van der Waals surface area contributed by atoms with E-state index in [-0.39, 0.29) is 11.3 Å². The standard InChI is InChI=1S/C23H26N4O2/c1-15-24-20(14-21(25-15)26-16-10-12-17(29-5)13-11-16)22(28)27-19-9-7-6-8-18(19)23(2,3)4/h6-14H,1-5H3,(H,27,28)(H,24,25,26). The number of benzene rings is 2. The van der Waals surface area contributed by atoms with Gasteiger partial charge in [-0.05, 0) is 48.2 Å². The molecular formula is C23H26N4O2. The summed E-state index contributed by atoms with van der Waals surface area (Å²) < 4.78 is 5.17. The number of ether oxygens (including phenoxy) is 1. The maximum atomic E-state index is 12.9. The SMILES string of the molecule is COc1ccc(Nc2cc(C(=O)Nc3ccccc3C(C)(C)C)nc(C)n2)cc1. The highest BCUT2D eigenvalue weighted by atomic mass is 16.5. The molecule has 3 aromatic rings. The lowest BCUT2D eigenvalue weighted by Crippen LogP contribution is -2.20. The molecule has 0 aliphatic rings. The molecule has 6 nitrogen and oxygen atoms in total. The first-order valence-electron chi connectivity index (χ1n) is 9.44. The highest BCUT2D eigenvalue weighted by molar-refractivity contribution is 6.03. The van der Waals surface area contributed by atoms with Crippen LogP contribution in [0.1, 0.15) is 42.6 Å². The van der Waals surface area contributed by atoms with E-state index in [1.54, 1.807) is 20.1 Å². The third kappa shape index (κ3) is 5.10. The lowest BCUT2D eigenvalue weighted by atomic mass is 9.86. The Labute approximate surface area is 171 Å². The van der Waals surface area contributed by atoms with Gasteiger partial charge in [0.1, 0.15) is 23.1 Å². The molecule has 0 unspecified atom stereocenters. The van der Waals surface area contributed by atoms with Crippen LogP contribution >= 0.6 is 0 Å². The number of hydrogen-bond donors (Lipinski definition) is 2. The Morgan fingerprint density at radius 1 is 1.00 bits per heavy atom. The zero-order valence-electron chi connectivity index (χ0n) is 17.4. The van der Waals surface area contributed by atoms with Crippen LogP contribution in [0.4, 0.5) is 17.2 Å². The number of rotatable bonds is 5. The first-order chi connectivity index (χ1) is 13.8. The molecule has 3 rings (SSSR count). The summed E-state index contributed by atoms with van der Waals surface area (Å²) in [6, 6.07) is 16.9. The lowest BCUT2D eigenvalue weighted by molar-refractivity contribution is 0.102. The van der Waals surface area contributed by atoms with Gasteiger partial charge in [-0.25, -0.2) is 9.97 Å². The van der Waals surface area contributed by atoms with Crippen molar-refractivity contribution in [3.8, 4) is 5.75 Å². The Morgan fingerprint density at radius 2 is 1.69 bits per heavy atom. The van der Waals surface area contributed by atoms with Gasteiger partial charge in [-0.1, -0.05) is 39.0 Å². The Kier molecular flexibility index (Phi) is 5.82. The van der Waals surface area contributed by atoms with Crippen molar-refractivity contribution < 1.29 is 9.53 Å². The van der Waals surface area contributed by atoms with Gasteiger partial charge in [-0.3, -0.25) is 4.79 Å². The van der Waals surface area contributed by atoms with Crippen molar-refractivity contribution in [2.75, 3.05) is 17.7 Å². The van der Waals surface area contributed by atoms with Gasteiger partial charge in [0.25, 0.3) is 5.91 Å². The van der Waals surface area contributed by atoms with E-state index in [4.69, 9.17) is 4.74 Å². The topological polar surface area (TPSA) is 76.1 Å². The second kappa shape index (κ2) is 8.31. The lowest BCUT2D eigenvalue weighted by Gasteiger charge is -2.23. The average Bonchev–Trinajstić information content (AvgIpc) is 2.67. The van der Waals surface area contributed by atoms with E-state index < -0.39 is 0 Å². The molecule has 0 fully saturated rings. The summed E-state index contributed by atoms with van der Waals surface area (Å²) in [4.78, 5) is 21.6. The molecule has 0 bridgehead atoms. The van der Waals surface area contributed by atoms with Crippen molar-refractivity contribution in [3.63, 3.8) is 0 Å². The molecule has 150 valence electrons. The smallest absolute Gasteiger partial charge is 0.274 e. The molecule has 29 heavy (non-hydrogen) atoms. The number of anilines is 3. The van der Waals surface area contributed by atoms with Crippen molar-refractivity contribution in [1.29, 1.82) is 0 Å². The van der Waals surface area contributed by atoms with Crippen molar-refractivity contribution in [2.24, 2.45) is 0 Å². The molecule has 2 aromatic carbocycles. The Bertz CT molecular complexity index is 1010. The van der Waals surface area contributed by atoms with E-state index >= 15 is 0 Å². The van der Waals surface area contributed by atoms with Crippen molar-refractivity contribution in [1.82, 2.24) is 9.97 Å². The van der Waals surface area contributed by atoms with E-state index in [1.165, 1.54) is 0 Å². The summed E-state index contributed by atoms with van der Waals surface area (Å²) in [7, 11) is 1.62. The van der Waals surface area contributed by atoms with Crippen LogP contribution in [0.2, 0.25) is 0 Å². The molecule has 0 saturated carbocycles. The monoisotopic (exact) mass is 390 g/mol. The van der Waals surface area contributed by atoms with E-state index in [0.717, 1.165) is 22.7 Å². The van der Waals surface area contributed by atoms with Crippen molar-refractivity contribution in [2.45, 2.75) is 33.1 Å². The predicted molar refractivity (Wildman–Crippen MR) is 116 cm³/mol. The van der Waals surface area contributed by atoms with Crippen LogP contribution in [0.3, 0.4) is 0 Å². The molecule has 0 saturated heterocycles. The number of nitrogens with zero attached hydrogens (tertiary/aromatic N) is 2. The molecular weight excluding hydrogens is 364 g/mol. The highest BCUT2D eigenvalue weighted by Crippen LogP contribution is 2.29. The van der Waals surface area contributed by atoms with Crippen molar-refractivity contribution in [3.05, 3.63) is 71.7 Å². The minimum atomic E-state index is -0.273. The first-order valence-corrected chi connectivity index (χ1v) is 9.44. The Hall–Kier alpha value is -3.41.